The largest absolute Gasteiger partial charge is 0.497 e. The standard InChI is InChI=1S/C11H12O2.C2H6.CH2Cl2/c1-13-9-5-6-10-8(7-9)3-2-4-11(10)12;1-2;2-1-3/h5-7H,2-4H2,1H3;1-2H3;1H2. The molecule has 0 atom stereocenters. The van der Waals surface area contributed by atoms with E-state index in [4.69, 9.17) is 27.9 Å². The molecule has 1 aliphatic rings. The second kappa shape index (κ2) is 10.2. The molecule has 0 N–H and O–H groups in total. The molecule has 0 unspecified atom stereocenters. The molecule has 0 aliphatic heterocycles. The Morgan fingerprint density at radius 1 is 1.22 bits per heavy atom. The van der Waals surface area contributed by atoms with E-state index in [0.717, 1.165) is 29.7 Å². The van der Waals surface area contributed by atoms with Crippen LogP contribution in [-0.2, 0) is 6.42 Å². The first-order valence-electron chi connectivity index (χ1n) is 6.05. The van der Waals surface area contributed by atoms with Crippen molar-refractivity contribution in [3.05, 3.63) is 29.3 Å². The van der Waals surface area contributed by atoms with Gasteiger partial charge < -0.3 is 4.74 Å². The van der Waals surface area contributed by atoms with E-state index in [9.17, 15) is 4.79 Å². The van der Waals surface area contributed by atoms with Crippen LogP contribution in [0.3, 0.4) is 0 Å². The first-order valence-corrected chi connectivity index (χ1v) is 7.12. The van der Waals surface area contributed by atoms with Crippen LogP contribution in [0.2, 0.25) is 0 Å². The summed E-state index contributed by atoms with van der Waals surface area (Å²) >= 11 is 9.53. The van der Waals surface area contributed by atoms with Gasteiger partial charge in [0.05, 0.1) is 12.4 Å². The first-order chi connectivity index (χ1) is 8.72. The number of carbonyl (C=O) groups is 1. The summed E-state index contributed by atoms with van der Waals surface area (Å²) in [5.74, 6) is 1.11. The summed E-state index contributed by atoms with van der Waals surface area (Å²) in [5, 5.41) is 0.194. The normalized spacial score (nSPS) is 12.4. The summed E-state index contributed by atoms with van der Waals surface area (Å²) in [5.41, 5.74) is 2.02. The minimum atomic E-state index is 0.194. The van der Waals surface area contributed by atoms with Crippen molar-refractivity contribution >= 4 is 29.0 Å². The van der Waals surface area contributed by atoms with E-state index in [1.54, 1.807) is 7.11 Å². The maximum atomic E-state index is 11.4. The number of benzene rings is 1. The number of aryl methyl sites for hydroxylation is 1. The molecule has 0 saturated heterocycles. The molecular weight excluding hydrogens is 271 g/mol. The molecule has 1 aliphatic carbocycles. The molecule has 0 spiro atoms. The zero-order valence-electron chi connectivity index (χ0n) is 11.1. The lowest BCUT2D eigenvalue weighted by Crippen LogP contribution is -2.10. The fourth-order valence-electron chi connectivity index (χ4n) is 1.75. The SMILES string of the molecule is CC.COc1ccc2c(c1)CCCC2=O.ClCCl. The van der Waals surface area contributed by atoms with Gasteiger partial charge in [-0.1, -0.05) is 13.8 Å². The fraction of sp³-hybridized carbons (Fsp3) is 0.500. The van der Waals surface area contributed by atoms with E-state index in [1.165, 1.54) is 0 Å². The molecule has 0 heterocycles. The number of methoxy groups -OCH3 is 1. The highest BCUT2D eigenvalue weighted by molar-refractivity contribution is 6.40. The quantitative estimate of drug-likeness (QED) is 0.703. The first kappa shape index (κ1) is 17.3. The average molecular weight is 291 g/mol. The van der Waals surface area contributed by atoms with Gasteiger partial charge in [-0.3, -0.25) is 4.79 Å². The Balaban J connectivity index is 0.000000509. The highest BCUT2D eigenvalue weighted by atomic mass is 35.5. The Bertz CT molecular complexity index is 365. The van der Waals surface area contributed by atoms with Crippen LogP contribution in [0.4, 0.5) is 0 Å². The van der Waals surface area contributed by atoms with Crippen molar-refractivity contribution in [1.29, 1.82) is 0 Å². The number of halogens is 2. The highest BCUT2D eigenvalue weighted by Crippen LogP contribution is 2.24. The summed E-state index contributed by atoms with van der Waals surface area (Å²) in [6.07, 6.45) is 2.66. The van der Waals surface area contributed by atoms with Gasteiger partial charge in [-0.05, 0) is 36.6 Å². The summed E-state index contributed by atoms with van der Waals surface area (Å²) < 4.78 is 5.10. The van der Waals surface area contributed by atoms with E-state index >= 15 is 0 Å². The molecular formula is C14H20Cl2O2. The lowest BCUT2D eigenvalue weighted by atomic mass is 9.91. The molecule has 2 nitrogen and oxygen atoms in total. The maximum absolute atomic E-state index is 11.4. The molecule has 0 radical (unpaired) electrons. The van der Waals surface area contributed by atoms with Crippen molar-refractivity contribution in [3.63, 3.8) is 0 Å². The topological polar surface area (TPSA) is 26.3 Å². The van der Waals surface area contributed by atoms with Gasteiger partial charge in [0.2, 0.25) is 0 Å². The third-order valence-electron chi connectivity index (χ3n) is 2.46. The van der Waals surface area contributed by atoms with Crippen molar-refractivity contribution < 1.29 is 9.53 Å². The molecule has 1 aromatic carbocycles. The van der Waals surface area contributed by atoms with E-state index in [2.05, 4.69) is 0 Å². The van der Waals surface area contributed by atoms with E-state index < -0.39 is 0 Å². The molecule has 1 aromatic rings. The van der Waals surface area contributed by atoms with Crippen LogP contribution < -0.4 is 4.74 Å². The Hall–Kier alpha value is -0.730. The molecule has 18 heavy (non-hydrogen) atoms. The molecule has 102 valence electrons. The monoisotopic (exact) mass is 290 g/mol. The number of alkyl halides is 2. The predicted molar refractivity (Wildman–Crippen MR) is 78.2 cm³/mol. The third kappa shape index (κ3) is 5.28. The Labute approximate surface area is 119 Å². The minimum absolute atomic E-state index is 0.194. The van der Waals surface area contributed by atoms with Gasteiger partial charge >= 0.3 is 0 Å². The van der Waals surface area contributed by atoms with Gasteiger partial charge in [-0.25, -0.2) is 0 Å². The lowest BCUT2D eigenvalue weighted by Gasteiger charge is -2.14. The van der Waals surface area contributed by atoms with Gasteiger partial charge in [-0.15, -0.1) is 23.2 Å². The predicted octanol–water partition coefficient (Wildman–Crippen LogP) is 4.66. The number of rotatable bonds is 1. The van der Waals surface area contributed by atoms with E-state index in [1.807, 2.05) is 32.0 Å². The van der Waals surface area contributed by atoms with Crippen LogP contribution in [0.25, 0.3) is 0 Å². The zero-order valence-corrected chi connectivity index (χ0v) is 12.6. The molecule has 0 saturated carbocycles. The second-order valence-corrected chi connectivity index (χ2v) is 4.21. The smallest absolute Gasteiger partial charge is 0.163 e. The summed E-state index contributed by atoms with van der Waals surface area (Å²) in [7, 11) is 1.65. The average Bonchev–Trinajstić information content (AvgIpc) is 2.42. The summed E-state index contributed by atoms with van der Waals surface area (Å²) in [4.78, 5) is 11.4. The van der Waals surface area contributed by atoms with Crippen molar-refractivity contribution in [2.24, 2.45) is 0 Å². The van der Waals surface area contributed by atoms with Gasteiger partial charge in [0.1, 0.15) is 5.75 Å². The Morgan fingerprint density at radius 3 is 2.39 bits per heavy atom. The number of Topliss-reactive ketones (excluding diaryl/α,β-unsaturated/α-hetero) is 1. The highest BCUT2D eigenvalue weighted by Gasteiger charge is 2.16. The number of hydrogen-bond donors (Lipinski definition) is 0. The van der Waals surface area contributed by atoms with Crippen LogP contribution in [0.15, 0.2) is 18.2 Å². The van der Waals surface area contributed by atoms with Gasteiger partial charge in [0.15, 0.2) is 5.78 Å². The molecule has 0 aromatic heterocycles. The molecule has 0 fully saturated rings. The maximum Gasteiger partial charge on any atom is 0.163 e. The number of ether oxygens (including phenoxy) is 1. The third-order valence-corrected chi connectivity index (χ3v) is 2.46. The van der Waals surface area contributed by atoms with E-state index in [0.29, 0.717) is 6.42 Å². The van der Waals surface area contributed by atoms with Crippen LogP contribution in [0, 0.1) is 0 Å². The lowest BCUT2D eigenvalue weighted by molar-refractivity contribution is 0.0972. The fourth-order valence-corrected chi connectivity index (χ4v) is 1.75. The van der Waals surface area contributed by atoms with Gasteiger partial charge in [0.25, 0.3) is 0 Å². The summed E-state index contributed by atoms with van der Waals surface area (Å²) in [6, 6.07) is 5.68. The van der Waals surface area contributed by atoms with Crippen LogP contribution >= 0.6 is 23.2 Å². The Kier molecular flexibility index (Phi) is 9.80. The second-order valence-electron chi connectivity index (χ2n) is 3.40. The van der Waals surface area contributed by atoms with Gasteiger partial charge in [-0.2, -0.15) is 0 Å². The van der Waals surface area contributed by atoms with E-state index in [-0.39, 0.29) is 11.1 Å². The van der Waals surface area contributed by atoms with Crippen molar-refractivity contribution in [2.75, 3.05) is 12.4 Å². The van der Waals surface area contributed by atoms with Crippen LogP contribution in [0.5, 0.6) is 5.75 Å². The molecule has 2 rings (SSSR count). The number of hydrogen-bond acceptors (Lipinski definition) is 2. The summed E-state index contributed by atoms with van der Waals surface area (Å²) in [6.45, 7) is 4.00. The minimum Gasteiger partial charge on any atom is -0.497 e. The molecule has 0 amide bonds. The molecule has 4 heteroatoms. The van der Waals surface area contributed by atoms with Crippen molar-refractivity contribution in [1.82, 2.24) is 0 Å². The number of ketones is 1. The number of fused-ring (bicyclic) bond motifs is 1. The molecule has 0 bridgehead atoms. The van der Waals surface area contributed by atoms with Crippen molar-refractivity contribution in [3.8, 4) is 5.75 Å². The van der Waals surface area contributed by atoms with Crippen LogP contribution in [-0.4, -0.2) is 18.2 Å². The number of carbonyl (C=O) groups excluding carboxylic acids is 1. The Morgan fingerprint density at radius 2 is 1.83 bits per heavy atom. The van der Waals surface area contributed by atoms with Gasteiger partial charge in [0, 0.05) is 12.0 Å². The van der Waals surface area contributed by atoms with Crippen LogP contribution in [0.1, 0.15) is 42.6 Å². The van der Waals surface area contributed by atoms with Crippen molar-refractivity contribution in [2.45, 2.75) is 33.1 Å². The zero-order chi connectivity index (χ0) is 14.0.